The Morgan fingerprint density at radius 2 is 2.00 bits per heavy atom. The molecule has 4 rings (SSSR count). The number of nitrogens with zero attached hydrogens (tertiary/aromatic N) is 5. The minimum atomic E-state index is 0.0356. The van der Waals surface area contributed by atoms with E-state index in [-0.39, 0.29) is 5.91 Å². The van der Waals surface area contributed by atoms with Gasteiger partial charge >= 0.3 is 0 Å². The van der Waals surface area contributed by atoms with Gasteiger partial charge in [0, 0.05) is 56.2 Å². The van der Waals surface area contributed by atoms with Crippen LogP contribution < -0.4 is 0 Å². The maximum absolute atomic E-state index is 12.7. The zero-order chi connectivity index (χ0) is 17.9. The standard InChI is InChI=1S/C18H18ClN5OS/c19-16-3-2-15(26-16)12-22-7-9-23(10-8-22)18(25)14-1-4-17(21-11-14)24-6-5-20-13-24/h1-6,11,13H,7-10,12H2. The number of halogens is 1. The van der Waals surface area contributed by atoms with E-state index >= 15 is 0 Å². The topological polar surface area (TPSA) is 54.3 Å². The summed E-state index contributed by atoms with van der Waals surface area (Å²) in [7, 11) is 0. The first-order valence-electron chi connectivity index (χ1n) is 8.39. The highest BCUT2D eigenvalue weighted by Gasteiger charge is 2.22. The Kier molecular flexibility index (Phi) is 5.01. The molecule has 1 amide bonds. The third-order valence-electron chi connectivity index (χ3n) is 4.43. The number of hydrogen-bond donors (Lipinski definition) is 0. The van der Waals surface area contributed by atoms with Gasteiger partial charge in [-0.3, -0.25) is 14.3 Å². The molecule has 0 atom stereocenters. The molecular formula is C18H18ClN5OS. The summed E-state index contributed by atoms with van der Waals surface area (Å²) in [5.41, 5.74) is 0.618. The molecular weight excluding hydrogens is 370 g/mol. The van der Waals surface area contributed by atoms with Crippen LogP contribution in [0.5, 0.6) is 0 Å². The lowest BCUT2D eigenvalue weighted by Crippen LogP contribution is -2.48. The molecule has 1 fully saturated rings. The molecule has 1 aliphatic rings. The SMILES string of the molecule is O=C(c1ccc(-n2ccnc2)nc1)N1CCN(Cc2ccc(Cl)s2)CC1. The van der Waals surface area contributed by atoms with Gasteiger partial charge in [0.25, 0.3) is 5.91 Å². The summed E-state index contributed by atoms with van der Waals surface area (Å²) in [5.74, 6) is 0.784. The summed E-state index contributed by atoms with van der Waals surface area (Å²) in [5, 5.41) is 0. The van der Waals surface area contributed by atoms with Crippen LogP contribution in [0.1, 0.15) is 15.2 Å². The molecule has 134 valence electrons. The third-order valence-corrected chi connectivity index (χ3v) is 5.65. The van der Waals surface area contributed by atoms with Gasteiger partial charge in [-0.2, -0.15) is 0 Å². The lowest BCUT2D eigenvalue weighted by molar-refractivity contribution is 0.0629. The molecule has 0 saturated carbocycles. The predicted molar refractivity (Wildman–Crippen MR) is 102 cm³/mol. The van der Waals surface area contributed by atoms with Gasteiger partial charge in [-0.25, -0.2) is 9.97 Å². The molecule has 4 heterocycles. The predicted octanol–water partition coefficient (Wildman–Crippen LogP) is 2.94. The lowest BCUT2D eigenvalue weighted by Gasteiger charge is -2.34. The van der Waals surface area contributed by atoms with Crippen molar-refractivity contribution in [2.45, 2.75) is 6.54 Å². The average molecular weight is 388 g/mol. The van der Waals surface area contributed by atoms with Crippen LogP contribution in [0.3, 0.4) is 0 Å². The summed E-state index contributed by atoms with van der Waals surface area (Å²) < 4.78 is 2.63. The molecule has 0 aliphatic carbocycles. The highest BCUT2D eigenvalue weighted by molar-refractivity contribution is 7.16. The van der Waals surface area contributed by atoms with Gasteiger partial charge < -0.3 is 4.90 Å². The Balaban J connectivity index is 1.34. The molecule has 0 unspecified atom stereocenters. The molecule has 3 aromatic rings. The summed E-state index contributed by atoms with van der Waals surface area (Å²) in [4.78, 5) is 26.6. The Morgan fingerprint density at radius 3 is 2.62 bits per heavy atom. The first kappa shape index (κ1) is 17.2. The van der Waals surface area contributed by atoms with Crippen LogP contribution in [-0.2, 0) is 6.54 Å². The van der Waals surface area contributed by atoms with Crippen molar-refractivity contribution < 1.29 is 4.79 Å². The van der Waals surface area contributed by atoms with Crippen LogP contribution in [0.25, 0.3) is 5.82 Å². The van der Waals surface area contributed by atoms with E-state index < -0.39 is 0 Å². The zero-order valence-electron chi connectivity index (χ0n) is 14.1. The van der Waals surface area contributed by atoms with Gasteiger partial charge in [0.05, 0.1) is 9.90 Å². The molecule has 3 aromatic heterocycles. The molecule has 1 aliphatic heterocycles. The van der Waals surface area contributed by atoms with Crippen LogP contribution in [0.4, 0.5) is 0 Å². The number of thiophene rings is 1. The molecule has 26 heavy (non-hydrogen) atoms. The molecule has 0 spiro atoms. The van der Waals surface area contributed by atoms with E-state index in [2.05, 4.69) is 20.9 Å². The smallest absolute Gasteiger partial charge is 0.255 e. The number of carbonyl (C=O) groups excluding carboxylic acids is 1. The lowest BCUT2D eigenvalue weighted by atomic mass is 10.2. The number of amides is 1. The second kappa shape index (κ2) is 7.57. The van der Waals surface area contributed by atoms with Crippen LogP contribution >= 0.6 is 22.9 Å². The van der Waals surface area contributed by atoms with Crippen molar-refractivity contribution in [1.29, 1.82) is 0 Å². The molecule has 0 radical (unpaired) electrons. The van der Waals surface area contributed by atoms with Crippen molar-refractivity contribution in [2.75, 3.05) is 26.2 Å². The summed E-state index contributed by atoms with van der Waals surface area (Å²) in [6.45, 7) is 4.06. The van der Waals surface area contributed by atoms with Gasteiger partial charge in [-0.15, -0.1) is 11.3 Å². The highest BCUT2D eigenvalue weighted by Crippen LogP contribution is 2.23. The number of aromatic nitrogens is 3. The summed E-state index contributed by atoms with van der Waals surface area (Å²) in [6.07, 6.45) is 6.84. The van der Waals surface area contributed by atoms with Crippen molar-refractivity contribution in [3.63, 3.8) is 0 Å². The number of hydrogen-bond acceptors (Lipinski definition) is 5. The Bertz CT molecular complexity index is 869. The van der Waals surface area contributed by atoms with E-state index in [0.717, 1.165) is 42.9 Å². The van der Waals surface area contributed by atoms with Gasteiger partial charge in [0.15, 0.2) is 0 Å². The number of rotatable bonds is 4. The summed E-state index contributed by atoms with van der Waals surface area (Å²) >= 11 is 7.60. The van der Waals surface area contributed by atoms with Crippen molar-refractivity contribution >= 4 is 28.8 Å². The van der Waals surface area contributed by atoms with E-state index in [4.69, 9.17) is 11.6 Å². The van der Waals surface area contributed by atoms with Gasteiger partial charge in [-0.05, 0) is 24.3 Å². The van der Waals surface area contributed by atoms with Crippen molar-refractivity contribution in [3.8, 4) is 5.82 Å². The van der Waals surface area contributed by atoms with Gasteiger partial charge in [0.2, 0.25) is 0 Å². The largest absolute Gasteiger partial charge is 0.336 e. The molecule has 8 heteroatoms. The zero-order valence-corrected chi connectivity index (χ0v) is 15.7. The minimum Gasteiger partial charge on any atom is -0.336 e. The van der Waals surface area contributed by atoms with Crippen LogP contribution in [0.15, 0.2) is 49.2 Å². The van der Waals surface area contributed by atoms with E-state index in [1.807, 2.05) is 33.9 Å². The number of piperazine rings is 1. The van der Waals surface area contributed by atoms with E-state index in [0.29, 0.717) is 5.56 Å². The van der Waals surface area contributed by atoms with Crippen LogP contribution in [0.2, 0.25) is 4.34 Å². The maximum atomic E-state index is 12.7. The molecule has 0 aromatic carbocycles. The number of pyridine rings is 1. The number of imidazole rings is 1. The monoisotopic (exact) mass is 387 g/mol. The quantitative estimate of drug-likeness (QED) is 0.690. The second-order valence-corrected chi connectivity index (χ2v) is 7.95. The second-order valence-electron chi connectivity index (χ2n) is 6.15. The number of carbonyl (C=O) groups is 1. The molecule has 6 nitrogen and oxygen atoms in total. The Morgan fingerprint density at radius 1 is 1.15 bits per heavy atom. The fourth-order valence-electron chi connectivity index (χ4n) is 3.01. The summed E-state index contributed by atoms with van der Waals surface area (Å²) in [6, 6.07) is 7.66. The maximum Gasteiger partial charge on any atom is 0.255 e. The normalized spacial score (nSPS) is 15.3. The average Bonchev–Trinajstić information content (AvgIpc) is 3.34. The Hall–Kier alpha value is -2.22. The first-order valence-corrected chi connectivity index (χ1v) is 9.59. The Labute approximate surface area is 160 Å². The van der Waals surface area contributed by atoms with Crippen LogP contribution in [0, 0.1) is 0 Å². The molecule has 1 saturated heterocycles. The van der Waals surface area contributed by atoms with Crippen molar-refractivity contribution in [1.82, 2.24) is 24.3 Å². The minimum absolute atomic E-state index is 0.0356. The van der Waals surface area contributed by atoms with Crippen LogP contribution in [-0.4, -0.2) is 56.4 Å². The fraction of sp³-hybridized carbons (Fsp3) is 0.278. The molecule has 0 bridgehead atoms. The first-order chi connectivity index (χ1) is 12.7. The van der Waals surface area contributed by atoms with Gasteiger partial charge in [0.1, 0.15) is 12.1 Å². The fourth-order valence-corrected chi connectivity index (χ4v) is 4.14. The van der Waals surface area contributed by atoms with Gasteiger partial charge in [-0.1, -0.05) is 11.6 Å². The van der Waals surface area contributed by atoms with Crippen molar-refractivity contribution in [2.24, 2.45) is 0 Å². The van der Waals surface area contributed by atoms with E-state index in [9.17, 15) is 4.79 Å². The molecule has 0 N–H and O–H groups in total. The van der Waals surface area contributed by atoms with E-state index in [1.54, 1.807) is 30.1 Å². The van der Waals surface area contributed by atoms with E-state index in [1.165, 1.54) is 4.88 Å². The highest BCUT2D eigenvalue weighted by atomic mass is 35.5. The third kappa shape index (κ3) is 3.80. The van der Waals surface area contributed by atoms with Crippen molar-refractivity contribution in [3.05, 3.63) is 64.0 Å².